The van der Waals surface area contributed by atoms with E-state index in [1.807, 2.05) is 24.3 Å². The number of piperidine rings is 1. The maximum absolute atomic E-state index is 12.5. The quantitative estimate of drug-likeness (QED) is 0.540. The number of nitrogens with one attached hydrogen (secondary N) is 1. The predicted molar refractivity (Wildman–Crippen MR) is 130 cm³/mol. The Balaban J connectivity index is 1.28. The molecule has 2 amide bonds. The molecule has 8 heteroatoms. The monoisotopic (exact) mass is 480 g/mol. The number of nitrogens with zero attached hydrogens (tertiary/aromatic N) is 1. The van der Waals surface area contributed by atoms with E-state index in [0.717, 1.165) is 22.4 Å². The lowest BCUT2D eigenvalue weighted by Gasteiger charge is -2.32. The molecular formula is C26H28N2O5S. The second-order valence-electron chi connectivity index (χ2n) is 8.18. The molecule has 0 aliphatic carbocycles. The highest BCUT2D eigenvalue weighted by molar-refractivity contribution is 7.90. The minimum absolute atomic E-state index is 0.0334. The highest BCUT2D eigenvalue weighted by Crippen LogP contribution is 2.25. The molecule has 0 bridgehead atoms. The first-order valence-corrected chi connectivity index (χ1v) is 12.6. The fourth-order valence-electron chi connectivity index (χ4n) is 3.89. The number of amides is 2. The second-order valence-corrected chi connectivity index (χ2v) is 9.86. The Morgan fingerprint density at radius 1 is 0.912 bits per heavy atom. The van der Waals surface area contributed by atoms with Crippen LogP contribution in [0.25, 0.3) is 11.1 Å². The molecule has 7 nitrogen and oxygen atoms in total. The van der Waals surface area contributed by atoms with Gasteiger partial charge in [0.25, 0.3) is 10.0 Å². The van der Waals surface area contributed by atoms with Crippen molar-refractivity contribution in [3.8, 4) is 16.9 Å². The van der Waals surface area contributed by atoms with Gasteiger partial charge in [-0.05, 0) is 41.0 Å². The molecule has 0 atom stereocenters. The molecule has 0 spiro atoms. The number of likely N-dealkylation sites (tertiary alicyclic amines) is 1. The van der Waals surface area contributed by atoms with E-state index in [0.29, 0.717) is 32.5 Å². The van der Waals surface area contributed by atoms with Crippen LogP contribution >= 0.6 is 0 Å². The largest absolute Gasteiger partial charge is 0.490 e. The Bertz CT molecular complexity index is 1190. The summed E-state index contributed by atoms with van der Waals surface area (Å²) >= 11 is 0. The SMILES string of the molecule is COCc1ccc(-c2ccc(OC3CCN(C(=O)NS(=O)(=O)c4ccccc4)CC3)cc2)cc1. The number of rotatable bonds is 7. The van der Waals surface area contributed by atoms with Crippen LogP contribution in [0.2, 0.25) is 0 Å². The number of methoxy groups -OCH3 is 1. The van der Waals surface area contributed by atoms with Gasteiger partial charge in [0.15, 0.2) is 0 Å². The minimum Gasteiger partial charge on any atom is -0.490 e. The molecule has 1 aliphatic rings. The summed E-state index contributed by atoms with van der Waals surface area (Å²) in [7, 11) is -2.20. The van der Waals surface area contributed by atoms with Crippen molar-refractivity contribution in [2.45, 2.75) is 30.4 Å². The number of hydrogen-bond acceptors (Lipinski definition) is 5. The van der Waals surface area contributed by atoms with Crippen LogP contribution in [0.3, 0.4) is 0 Å². The van der Waals surface area contributed by atoms with Crippen LogP contribution in [0.5, 0.6) is 5.75 Å². The lowest BCUT2D eigenvalue weighted by molar-refractivity contribution is 0.113. The molecule has 4 rings (SSSR count). The summed E-state index contributed by atoms with van der Waals surface area (Å²) < 4.78 is 38.2. The number of benzene rings is 3. The summed E-state index contributed by atoms with van der Waals surface area (Å²) in [4.78, 5) is 14.0. The van der Waals surface area contributed by atoms with Gasteiger partial charge >= 0.3 is 6.03 Å². The highest BCUT2D eigenvalue weighted by Gasteiger charge is 2.27. The van der Waals surface area contributed by atoms with Crippen LogP contribution in [-0.4, -0.2) is 45.7 Å². The lowest BCUT2D eigenvalue weighted by atomic mass is 10.0. The summed E-state index contributed by atoms with van der Waals surface area (Å²) in [6.45, 7) is 1.44. The fraction of sp³-hybridized carbons (Fsp3) is 0.269. The van der Waals surface area contributed by atoms with Crippen molar-refractivity contribution in [2.75, 3.05) is 20.2 Å². The number of sulfonamides is 1. The number of hydrogen-bond donors (Lipinski definition) is 1. The molecule has 1 heterocycles. The van der Waals surface area contributed by atoms with Gasteiger partial charge < -0.3 is 14.4 Å². The van der Waals surface area contributed by atoms with Crippen LogP contribution in [0.15, 0.2) is 83.8 Å². The van der Waals surface area contributed by atoms with Gasteiger partial charge in [0.1, 0.15) is 11.9 Å². The molecule has 34 heavy (non-hydrogen) atoms. The molecule has 1 N–H and O–H groups in total. The van der Waals surface area contributed by atoms with Gasteiger partial charge in [0.2, 0.25) is 0 Å². The van der Waals surface area contributed by atoms with Crippen LogP contribution < -0.4 is 9.46 Å². The van der Waals surface area contributed by atoms with Crippen molar-refractivity contribution in [3.63, 3.8) is 0 Å². The van der Waals surface area contributed by atoms with Gasteiger partial charge in [-0.25, -0.2) is 17.9 Å². The van der Waals surface area contributed by atoms with Gasteiger partial charge in [-0.1, -0.05) is 54.6 Å². The first-order chi connectivity index (χ1) is 16.4. The topological polar surface area (TPSA) is 84.9 Å². The molecule has 0 saturated carbocycles. The van der Waals surface area contributed by atoms with Crippen LogP contribution in [-0.2, 0) is 21.4 Å². The van der Waals surface area contributed by atoms with Crippen LogP contribution in [0.4, 0.5) is 4.79 Å². The molecule has 0 radical (unpaired) electrons. The molecule has 1 saturated heterocycles. The Morgan fingerprint density at radius 2 is 1.50 bits per heavy atom. The van der Waals surface area contributed by atoms with Gasteiger partial charge in [0.05, 0.1) is 11.5 Å². The zero-order valence-corrected chi connectivity index (χ0v) is 19.8. The third-order valence-electron chi connectivity index (χ3n) is 5.76. The van der Waals surface area contributed by atoms with Crippen LogP contribution in [0, 0.1) is 0 Å². The van der Waals surface area contributed by atoms with Crippen LogP contribution in [0.1, 0.15) is 18.4 Å². The fourth-order valence-corrected chi connectivity index (χ4v) is 4.89. The van der Waals surface area contributed by atoms with Gasteiger partial charge in [-0.2, -0.15) is 0 Å². The maximum Gasteiger partial charge on any atom is 0.331 e. The average molecular weight is 481 g/mol. The Hall–Kier alpha value is -3.36. The number of urea groups is 1. The third kappa shape index (κ3) is 5.95. The smallest absolute Gasteiger partial charge is 0.331 e. The van der Waals surface area contributed by atoms with E-state index in [4.69, 9.17) is 9.47 Å². The zero-order chi connectivity index (χ0) is 24.0. The molecule has 0 aromatic heterocycles. The normalized spacial score (nSPS) is 14.6. The van der Waals surface area contributed by atoms with E-state index < -0.39 is 16.1 Å². The lowest BCUT2D eigenvalue weighted by Crippen LogP contribution is -2.48. The highest BCUT2D eigenvalue weighted by atomic mass is 32.2. The van der Waals surface area contributed by atoms with Crippen molar-refractivity contribution in [1.82, 2.24) is 9.62 Å². The zero-order valence-electron chi connectivity index (χ0n) is 19.0. The molecular weight excluding hydrogens is 452 g/mol. The van der Waals surface area contributed by atoms with E-state index in [-0.39, 0.29) is 11.0 Å². The summed E-state index contributed by atoms with van der Waals surface area (Å²) in [5.74, 6) is 0.773. The molecule has 3 aromatic carbocycles. The maximum atomic E-state index is 12.5. The molecule has 0 unspecified atom stereocenters. The van der Waals surface area contributed by atoms with E-state index in [9.17, 15) is 13.2 Å². The Labute approximate surface area is 200 Å². The molecule has 1 aliphatic heterocycles. The van der Waals surface area contributed by atoms with Crippen molar-refractivity contribution in [2.24, 2.45) is 0 Å². The Morgan fingerprint density at radius 3 is 2.09 bits per heavy atom. The summed E-state index contributed by atoms with van der Waals surface area (Å²) in [5, 5.41) is 0. The standard InChI is InChI=1S/C26H28N2O5S/c1-32-19-20-7-9-21(10-8-20)22-11-13-23(14-12-22)33-24-15-17-28(18-16-24)26(29)27-34(30,31)25-5-3-2-4-6-25/h2-14,24H,15-19H2,1H3,(H,27,29). The molecule has 3 aromatic rings. The van der Waals surface area contributed by atoms with Crippen molar-refractivity contribution >= 4 is 16.1 Å². The first-order valence-electron chi connectivity index (χ1n) is 11.2. The van der Waals surface area contributed by atoms with E-state index in [2.05, 4.69) is 29.0 Å². The first kappa shape index (κ1) is 23.8. The third-order valence-corrected chi connectivity index (χ3v) is 7.10. The predicted octanol–water partition coefficient (Wildman–Crippen LogP) is 4.44. The van der Waals surface area contributed by atoms with Crippen molar-refractivity contribution in [1.29, 1.82) is 0 Å². The van der Waals surface area contributed by atoms with E-state index >= 15 is 0 Å². The van der Waals surface area contributed by atoms with Crippen molar-refractivity contribution < 1.29 is 22.7 Å². The summed E-state index contributed by atoms with van der Waals surface area (Å²) in [6, 6.07) is 23.5. The van der Waals surface area contributed by atoms with Crippen molar-refractivity contribution in [3.05, 3.63) is 84.4 Å². The summed E-state index contributed by atoms with van der Waals surface area (Å²) in [6.07, 6.45) is 1.22. The van der Waals surface area contributed by atoms with E-state index in [1.54, 1.807) is 25.3 Å². The number of carbonyl (C=O) groups is 1. The second kappa shape index (κ2) is 10.7. The van der Waals surface area contributed by atoms with Gasteiger partial charge in [0, 0.05) is 33.0 Å². The molecule has 178 valence electrons. The summed E-state index contributed by atoms with van der Waals surface area (Å²) in [5.41, 5.74) is 3.35. The average Bonchev–Trinajstić information content (AvgIpc) is 2.86. The number of ether oxygens (including phenoxy) is 2. The minimum atomic E-state index is -3.88. The van der Waals surface area contributed by atoms with E-state index in [1.165, 1.54) is 17.0 Å². The Kier molecular flexibility index (Phi) is 7.49. The van der Waals surface area contributed by atoms with Gasteiger partial charge in [-0.15, -0.1) is 0 Å². The number of carbonyl (C=O) groups excluding carboxylic acids is 1. The van der Waals surface area contributed by atoms with Gasteiger partial charge in [-0.3, -0.25) is 0 Å². The molecule has 1 fully saturated rings.